The zero-order valence-electron chi connectivity index (χ0n) is 8.66. The Hall–Kier alpha value is -1.84. The number of aromatic amines is 1. The van der Waals surface area contributed by atoms with Crippen molar-refractivity contribution in [1.29, 1.82) is 0 Å². The van der Waals surface area contributed by atoms with E-state index in [-0.39, 0.29) is 5.82 Å². The molecule has 0 spiro atoms. The molecular weight excluding hydrogens is 190 g/mol. The topological polar surface area (TPSA) is 69.6 Å². The van der Waals surface area contributed by atoms with Crippen LogP contribution in [-0.2, 0) is 0 Å². The molecule has 1 radical (unpaired) electrons. The van der Waals surface area contributed by atoms with Crippen molar-refractivity contribution >= 4 is 16.9 Å². The first-order valence-corrected chi connectivity index (χ1v) is 4.83. The monoisotopic (exact) mass is 202 g/mol. The lowest BCUT2D eigenvalue weighted by atomic mass is 10.0. The van der Waals surface area contributed by atoms with Crippen LogP contribution in [0.15, 0.2) is 18.2 Å². The quantitative estimate of drug-likeness (QED) is 0.810. The van der Waals surface area contributed by atoms with E-state index in [1.165, 1.54) is 5.56 Å². The van der Waals surface area contributed by atoms with E-state index in [2.05, 4.69) is 23.8 Å². The molecule has 77 valence electrons. The van der Waals surface area contributed by atoms with Crippen LogP contribution in [0.3, 0.4) is 0 Å². The van der Waals surface area contributed by atoms with E-state index in [4.69, 9.17) is 5.73 Å². The summed E-state index contributed by atoms with van der Waals surface area (Å²) in [5.74, 6) is -0.246. The van der Waals surface area contributed by atoms with Gasteiger partial charge in [0.1, 0.15) is 0 Å². The van der Waals surface area contributed by atoms with Gasteiger partial charge in [0.15, 0.2) is 5.82 Å². The van der Waals surface area contributed by atoms with Crippen LogP contribution in [0.25, 0.3) is 11.0 Å². The first-order valence-electron chi connectivity index (χ1n) is 4.83. The second-order valence-electron chi connectivity index (χ2n) is 3.85. The number of H-pyrrole nitrogens is 1. The molecule has 2 aromatic rings. The largest absolute Gasteiger partial charge is 0.334 e. The fourth-order valence-corrected chi connectivity index (χ4v) is 1.49. The third-order valence-corrected chi connectivity index (χ3v) is 2.39. The van der Waals surface area contributed by atoms with Crippen LogP contribution >= 0.6 is 0 Å². The van der Waals surface area contributed by atoms with E-state index in [1.807, 2.05) is 18.2 Å². The van der Waals surface area contributed by atoms with Crippen LogP contribution in [0.1, 0.15) is 35.9 Å². The number of fused-ring (bicyclic) bond motifs is 1. The lowest BCUT2D eigenvalue weighted by Gasteiger charge is -2.03. The van der Waals surface area contributed by atoms with Gasteiger partial charge in [-0.25, -0.2) is 4.98 Å². The first kappa shape index (κ1) is 9.71. The summed E-state index contributed by atoms with van der Waals surface area (Å²) in [5.41, 5.74) is 9.68. The molecule has 15 heavy (non-hydrogen) atoms. The minimum atomic E-state index is -0.780. The van der Waals surface area contributed by atoms with Gasteiger partial charge in [-0.3, -0.25) is 10.5 Å². The number of amides is 1. The number of aromatic nitrogens is 2. The second-order valence-corrected chi connectivity index (χ2v) is 3.85. The Balaban J connectivity index is 2.57. The Morgan fingerprint density at radius 1 is 1.47 bits per heavy atom. The fraction of sp³-hybridized carbons (Fsp3) is 0.273. The van der Waals surface area contributed by atoms with Crippen LogP contribution < -0.4 is 5.73 Å². The Labute approximate surface area is 87.5 Å². The SMILES string of the molecule is CC(C)c1ccc2[nH]c(C([NH])=O)nc2c1. The molecule has 2 rings (SSSR count). The Kier molecular flexibility index (Phi) is 2.19. The maximum absolute atomic E-state index is 10.8. The molecule has 0 aliphatic rings. The summed E-state index contributed by atoms with van der Waals surface area (Å²) in [4.78, 5) is 17.7. The van der Waals surface area contributed by atoms with Crippen LogP contribution in [0.5, 0.6) is 0 Å². The van der Waals surface area contributed by atoms with Gasteiger partial charge >= 0.3 is 5.91 Å². The molecule has 1 amide bonds. The molecule has 0 aliphatic carbocycles. The van der Waals surface area contributed by atoms with Gasteiger partial charge in [-0.15, -0.1) is 0 Å². The standard InChI is InChI=1S/C11H12N3O/c1-6(2)7-3-4-8-9(5-7)14-11(13-8)10(12)15/h3-6,12H,1-2H3,(H,13,14). The zero-order chi connectivity index (χ0) is 11.0. The van der Waals surface area contributed by atoms with Crippen LogP contribution in [-0.4, -0.2) is 15.9 Å². The molecule has 4 heteroatoms. The highest BCUT2D eigenvalue weighted by Gasteiger charge is 2.09. The second kappa shape index (κ2) is 3.38. The lowest BCUT2D eigenvalue weighted by molar-refractivity contribution is 0.0983. The Bertz CT molecular complexity index is 514. The highest BCUT2D eigenvalue weighted by molar-refractivity contribution is 5.92. The molecule has 2 N–H and O–H groups in total. The van der Waals surface area contributed by atoms with Crippen molar-refractivity contribution in [3.05, 3.63) is 29.6 Å². The van der Waals surface area contributed by atoms with Crippen molar-refractivity contribution in [2.45, 2.75) is 19.8 Å². The van der Waals surface area contributed by atoms with E-state index in [9.17, 15) is 4.79 Å². The third kappa shape index (κ3) is 1.70. The highest BCUT2D eigenvalue weighted by atomic mass is 16.1. The van der Waals surface area contributed by atoms with Gasteiger partial charge in [0.2, 0.25) is 0 Å². The van der Waals surface area contributed by atoms with Crippen LogP contribution in [0, 0.1) is 0 Å². The minimum Gasteiger partial charge on any atom is -0.334 e. The van der Waals surface area contributed by atoms with Crippen molar-refractivity contribution < 1.29 is 4.79 Å². The number of benzene rings is 1. The lowest BCUT2D eigenvalue weighted by Crippen LogP contribution is -2.00. The van der Waals surface area contributed by atoms with Crippen molar-refractivity contribution in [1.82, 2.24) is 15.7 Å². The summed E-state index contributed by atoms with van der Waals surface area (Å²) in [6.45, 7) is 4.20. The molecule has 1 heterocycles. The van der Waals surface area contributed by atoms with E-state index >= 15 is 0 Å². The summed E-state index contributed by atoms with van der Waals surface area (Å²) in [5, 5.41) is 0. The van der Waals surface area contributed by atoms with Gasteiger partial charge in [-0.1, -0.05) is 19.9 Å². The fourth-order valence-electron chi connectivity index (χ4n) is 1.49. The number of nitrogens with one attached hydrogen (secondary N) is 2. The number of nitrogens with zero attached hydrogens (tertiary/aromatic N) is 1. The highest BCUT2D eigenvalue weighted by Crippen LogP contribution is 2.19. The maximum Gasteiger partial charge on any atom is 0.305 e. The summed E-state index contributed by atoms with van der Waals surface area (Å²) >= 11 is 0. The van der Waals surface area contributed by atoms with Gasteiger partial charge in [0.05, 0.1) is 11.0 Å². The number of carbonyl (C=O) groups is 1. The molecular formula is C11H12N3O. The summed E-state index contributed by atoms with van der Waals surface area (Å²) < 4.78 is 0. The summed E-state index contributed by atoms with van der Waals surface area (Å²) in [6, 6.07) is 5.84. The van der Waals surface area contributed by atoms with Gasteiger partial charge < -0.3 is 4.98 Å². The molecule has 0 unspecified atom stereocenters. The molecule has 0 atom stereocenters. The molecule has 4 nitrogen and oxygen atoms in total. The van der Waals surface area contributed by atoms with E-state index < -0.39 is 5.91 Å². The average Bonchev–Trinajstić information content (AvgIpc) is 2.59. The van der Waals surface area contributed by atoms with Gasteiger partial charge in [-0.05, 0) is 23.6 Å². The number of hydrogen-bond acceptors (Lipinski definition) is 2. The molecule has 0 bridgehead atoms. The van der Waals surface area contributed by atoms with Crippen molar-refractivity contribution in [2.24, 2.45) is 0 Å². The van der Waals surface area contributed by atoms with E-state index in [0.717, 1.165) is 11.0 Å². The number of rotatable bonds is 2. The maximum atomic E-state index is 10.8. The van der Waals surface area contributed by atoms with Gasteiger partial charge in [0, 0.05) is 0 Å². The summed E-state index contributed by atoms with van der Waals surface area (Å²) in [7, 11) is 0. The number of hydrogen-bond donors (Lipinski definition) is 1. The van der Waals surface area contributed by atoms with Crippen molar-refractivity contribution in [3.63, 3.8) is 0 Å². The van der Waals surface area contributed by atoms with Gasteiger partial charge in [-0.2, -0.15) is 0 Å². The normalized spacial score (nSPS) is 11.1. The molecule has 0 fully saturated rings. The predicted octanol–water partition coefficient (Wildman–Crippen LogP) is 2.11. The Morgan fingerprint density at radius 3 is 2.80 bits per heavy atom. The third-order valence-electron chi connectivity index (χ3n) is 2.39. The first-order chi connectivity index (χ1) is 7.08. The molecule has 1 aromatic carbocycles. The molecule has 0 saturated heterocycles. The van der Waals surface area contributed by atoms with E-state index in [0.29, 0.717) is 5.92 Å². The minimum absolute atomic E-state index is 0.103. The number of carbonyl (C=O) groups excluding carboxylic acids is 1. The van der Waals surface area contributed by atoms with Crippen LogP contribution in [0.2, 0.25) is 0 Å². The summed E-state index contributed by atoms with van der Waals surface area (Å²) in [6.07, 6.45) is 0. The number of imidazole rings is 1. The predicted molar refractivity (Wildman–Crippen MR) is 57.6 cm³/mol. The average molecular weight is 202 g/mol. The van der Waals surface area contributed by atoms with Gasteiger partial charge in [0.25, 0.3) is 0 Å². The van der Waals surface area contributed by atoms with Crippen molar-refractivity contribution in [2.75, 3.05) is 0 Å². The molecule has 1 aromatic heterocycles. The molecule has 0 saturated carbocycles. The van der Waals surface area contributed by atoms with Crippen molar-refractivity contribution in [3.8, 4) is 0 Å². The zero-order valence-corrected chi connectivity index (χ0v) is 8.66. The van der Waals surface area contributed by atoms with Crippen LogP contribution in [0.4, 0.5) is 0 Å². The Morgan fingerprint density at radius 2 is 2.20 bits per heavy atom. The molecule has 0 aliphatic heterocycles. The van der Waals surface area contributed by atoms with E-state index in [1.54, 1.807) is 0 Å². The smallest absolute Gasteiger partial charge is 0.305 e.